The molecular weight excluding hydrogens is 396 g/mol. The molecule has 6 heteroatoms. The number of hydrogen-bond donors (Lipinski definition) is 0. The SMILES string of the molecule is CCCCc1ccc(C(=O)N(Cc2nc(C(=O)OCC)cs2)C2CCCCC2)cc1. The quantitative estimate of drug-likeness (QED) is 0.485. The first-order valence-electron chi connectivity index (χ1n) is 11.1. The van der Waals surface area contributed by atoms with Gasteiger partial charge in [0.1, 0.15) is 5.01 Å². The Morgan fingerprint density at radius 2 is 1.87 bits per heavy atom. The molecule has 1 aromatic carbocycles. The van der Waals surface area contributed by atoms with Gasteiger partial charge in [0.15, 0.2) is 5.69 Å². The Balaban J connectivity index is 1.76. The van der Waals surface area contributed by atoms with Crippen LogP contribution in [0.4, 0.5) is 0 Å². The summed E-state index contributed by atoms with van der Waals surface area (Å²) in [5.41, 5.74) is 2.33. The van der Waals surface area contributed by atoms with Crippen LogP contribution in [0.1, 0.15) is 90.2 Å². The fourth-order valence-electron chi connectivity index (χ4n) is 3.95. The second-order valence-corrected chi connectivity index (χ2v) is 8.81. The van der Waals surface area contributed by atoms with Gasteiger partial charge in [-0.25, -0.2) is 9.78 Å². The molecule has 1 aromatic heterocycles. The lowest BCUT2D eigenvalue weighted by Crippen LogP contribution is -2.41. The van der Waals surface area contributed by atoms with Crippen molar-refractivity contribution >= 4 is 23.2 Å². The summed E-state index contributed by atoms with van der Waals surface area (Å²) in [4.78, 5) is 31.8. The van der Waals surface area contributed by atoms with Gasteiger partial charge >= 0.3 is 5.97 Å². The lowest BCUT2D eigenvalue weighted by atomic mass is 9.93. The zero-order valence-corrected chi connectivity index (χ0v) is 18.9. The summed E-state index contributed by atoms with van der Waals surface area (Å²) in [7, 11) is 0. The highest BCUT2D eigenvalue weighted by Gasteiger charge is 2.27. The van der Waals surface area contributed by atoms with E-state index in [1.54, 1.807) is 12.3 Å². The molecule has 2 aromatic rings. The number of nitrogens with zero attached hydrogens (tertiary/aromatic N) is 2. The summed E-state index contributed by atoms with van der Waals surface area (Å²) in [6, 6.07) is 8.28. The maximum absolute atomic E-state index is 13.4. The average molecular weight is 429 g/mol. The third kappa shape index (κ3) is 5.91. The van der Waals surface area contributed by atoms with Crippen LogP contribution in [0.2, 0.25) is 0 Å². The van der Waals surface area contributed by atoms with Crippen molar-refractivity contribution in [2.45, 2.75) is 77.8 Å². The van der Waals surface area contributed by atoms with E-state index >= 15 is 0 Å². The van der Waals surface area contributed by atoms with Crippen LogP contribution in [0, 0.1) is 0 Å². The fraction of sp³-hybridized carbons (Fsp3) is 0.542. The monoisotopic (exact) mass is 428 g/mol. The lowest BCUT2D eigenvalue weighted by Gasteiger charge is -2.34. The maximum Gasteiger partial charge on any atom is 0.357 e. The number of unbranched alkanes of at least 4 members (excludes halogenated alkanes) is 1. The van der Waals surface area contributed by atoms with E-state index < -0.39 is 5.97 Å². The van der Waals surface area contributed by atoms with Gasteiger partial charge in [-0.3, -0.25) is 4.79 Å². The molecule has 0 unspecified atom stereocenters. The average Bonchev–Trinajstić information content (AvgIpc) is 3.26. The molecule has 30 heavy (non-hydrogen) atoms. The third-order valence-corrected chi connectivity index (χ3v) is 6.47. The highest BCUT2D eigenvalue weighted by Crippen LogP contribution is 2.27. The Morgan fingerprint density at radius 1 is 1.13 bits per heavy atom. The van der Waals surface area contributed by atoms with Crippen molar-refractivity contribution in [2.75, 3.05) is 6.61 Å². The number of amides is 1. The molecule has 0 radical (unpaired) electrons. The molecule has 1 aliphatic carbocycles. The summed E-state index contributed by atoms with van der Waals surface area (Å²) in [5, 5.41) is 2.50. The summed E-state index contributed by atoms with van der Waals surface area (Å²) in [6.07, 6.45) is 8.95. The topological polar surface area (TPSA) is 59.5 Å². The van der Waals surface area contributed by atoms with Gasteiger partial charge in [0, 0.05) is 17.0 Å². The van der Waals surface area contributed by atoms with E-state index in [2.05, 4.69) is 24.0 Å². The largest absolute Gasteiger partial charge is 0.461 e. The van der Waals surface area contributed by atoms with Gasteiger partial charge in [-0.2, -0.15) is 0 Å². The molecule has 1 aliphatic rings. The number of hydrogen-bond acceptors (Lipinski definition) is 5. The molecule has 1 amide bonds. The lowest BCUT2D eigenvalue weighted by molar-refractivity contribution is 0.0520. The van der Waals surface area contributed by atoms with Gasteiger partial charge in [0.2, 0.25) is 0 Å². The third-order valence-electron chi connectivity index (χ3n) is 5.64. The molecule has 0 aliphatic heterocycles. The second kappa shape index (κ2) is 11.3. The van der Waals surface area contributed by atoms with Crippen LogP contribution in [0.15, 0.2) is 29.6 Å². The van der Waals surface area contributed by atoms with Gasteiger partial charge < -0.3 is 9.64 Å². The molecule has 3 rings (SSSR count). The minimum absolute atomic E-state index is 0.0526. The van der Waals surface area contributed by atoms with E-state index in [1.807, 2.05) is 17.0 Å². The normalized spacial score (nSPS) is 14.5. The summed E-state index contributed by atoms with van der Waals surface area (Å²) >= 11 is 1.41. The number of rotatable bonds is 9. The van der Waals surface area contributed by atoms with Gasteiger partial charge in [-0.15, -0.1) is 11.3 Å². The number of esters is 1. The predicted molar refractivity (Wildman–Crippen MR) is 120 cm³/mol. The molecule has 5 nitrogen and oxygen atoms in total. The Kier molecular flexibility index (Phi) is 8.43. The highest BCUT2D eigenvalue weighted by atomic mass is 32.1. The summed E-state index contributed by atoms with van der Waals surface area (Å²) in [6.45, 7) is 4.73. The second-order valence-electron chi connectivity index (χ2n) is 7.87. The smallest absolute Gasteiger partial charge is 0.357 e. The van der Waals surface area contributed by atoms with Crippen molar-refractivity contribution in [3.63, 3.8) is 0 Å². The Hall–Kier alpha value is -2.21. The van der Waals surface area contributed by atoms with Gasteiger partial charge in [0.05, 0.1) is 13.2 Å². The number of carbonyl (C=O) groups is 2. The van der Waals surface area contributed by atoms with Crippen LogP contribution >= 0.6 is 11.3 Å². The molecule has 0 saturated heterocycles. The summed E-state index contributed by atoms with van der Waals surface area (Å²) < 4.78 is 5.04. The predicted octanol–water partition coefficient (Wildman–Crippen LogP) is 5.64. The van der Waals surface area contributed by atoms with Crippen molar-refractivity contribution in [3.05, 3.63) is 51.5 Å². The van der Waals surface area contributed by atoms with Crippen LogP contribution in [-0.4, -0.2) is 34.4 Å². The van der Waals surface area contributed by atoms with Crippen molar-refractivity contribution < 1.29 is 14.3 Å². The van der Waals surface area contributed by atoms with Crippen molar-refractivity contribution in [1.82, 2.24) is 9.88 Å². The van der Waals surface area contributed by atoms with Crippen LogP contribution in [0.25, 0.3) is 0 Å². The molecule has 162 valence electrons. The van der Waals surface area contributed by atoms with Crippen LogP contribution < -0.4 is 0 Å². The van der Waals surface area contributed by atoms with E-state index in [4.69, 9.17) is 4.74 Å². The van der Waals surface area contributed by atoms with E-state index in [1.165, 1.54) is 23.3 Å². The van der Waals surface area contributed by atoms with E-state index in [9.17, 15) is 9.59 Å². The van der Waals surface area contributed by atoms with E-state index in [0.717, 1.165) is 55.5 Å². The Morgan fingerprint density at radius 3 is 2.53 bits per heavy atom. The molecule has 1 fully saturated rings. The first-order valence-corrected chi connectivity index (χ1v) is 12.0. The zero-order chi connectivity index (χ0) is 21.3. The van der Waals surface area contributed by atoms with Gasteiger partial charge in [0.25, 0.3) is 5.91 Å². The van der Waals surface area contributed by atoms with E-state index in [0.29, 0.717) is 18.8 Å². The van der Waals surface area contributed by atoms with Crippen LogP contribution in [0.3, 0.4) is 0 Å². The molecule has 1 heterocycles. The number of ether oxygens (including phenoxy) is 1. The first-order chi connectivity index (χ1) is 14.6. The Bertz CT molecular complexity index is 825. The zero-order valence-electron chi connectivity index (χ0n) is 18.1. The molecule has 0 bridgehead atoms. The maximum atomic E-state index is 13.4. The molecule has 0 N–H and O–H groups in total. The van der Waals surface area contributed by atoms with Gasteiger partial charge in [-0.1, -0.05) is 44.7 Å². The number of carbonyl (C=O) groups excluding carboxylic acids is 2. The first kappa shape index (κ1) is 22.5. The van der Waals surface area contributed by atoms with Crippen molar-refractivity contribution in [2.24, 2.45) is 0 Å². The number of thiazole rings is 1. The molecule has 0 spiro atoms. The molecular formula is C24H32N2O3S. The van der Waals surface area contributed by atoms with Gasteiger partial charge in [-0.05, 0) is 50.3 Å². The molecule has 0 atom stereocenters. The van der Waals surface area contributed by atoms with E-state index in [-0.39, 0.29) is 11.9 Å². The van der Waals surface area contributed by atoms with Crippen LogP contribution in [-0.2, 0) is 17.7 Å². The molecule has 1 saturated carbocycles. The number of aryl methyl sites for hydroxylation is 1. The number of aromatic nitrogens is 1. The van der Waals surface area contributed by atoms with Crippen LogP contribution in [0.5, 0.6) is 0 Å². The number of benzene rings is 1. The van der Waals surface area contributed by atoms with Crippen molar-refractivity contribution in [3.8, 4) is 0 Å². The minimum atomic E-state index is -0.404. The fourth-order valence-corrected chi connectivity index (χ4v) is 4.71. The summed E-state index contributed by atoms with van der Waals surface area (Å²) in [5.74, 6) is -0.352. The standard InChI is InChI=1S/C24H32N2O3S/c1-3-5-9-18-12-14-19(15-13-18)23(27)26(20-10-7-6-8-11-20)16-22-25-21(17-30-22)24(28)29-4-2/h12-15,17,20H,3-11,16H2,1-2H3. The highest BCUT2D eigenvalue weighted by molar-refractivity contribution is 7.09. The van der Waals surface area contributed by atoms with Crippen molar-refractivity contribution in [1.29, 1.82) is 0 Å². The minimum Gasteiger partial charge on any atom is -0.461 e. The Labute approximate surface area is 183 Å².